The lowest BCUT2D eigenvalue weighted by atomic mass is 10.1. The van der Waals surface area contributed by atoms with Crippen LogP contribution in [0.15, 0.2) is 29.5 Å². The Balaban J connectivity index is 2.56. The quantitative estimate of drug-likeness (QED) is 0.334. The molecule has 0 unspecified atom stereocenters. The molecule has 2 atom stereocenters. The molecular formula is C13H19NO3. The highest BCUT2D eigenvalue weighted by Crippen LogP contribution is 2.59. The van der Waals surface area contributed by atoms with Crippen molar-refractivity contribution >= 4 is 12.2 Å². The van der Waals surface area contributed by atoms with Crippen LogP contribution in [0.1, 0.15) is 20.8 Å². The Morgan fingerprint density at radius 2 is 2.24 bits per heavy atom. The summed E-state index contributed by atoms with van der Waals surface area (Å²) in [4.78, 5) is 15.8. The second kappa shape index (κ2) is 5.17. The molecule has 94 valence electrons. The van der Waals surface area contributed by atoms with Crippen molar-refractivity contribution in [3.63, 3.8) is 0 Å². The van der Waals surface area contributed by atoms with E-state index < -0.39 is 5.97 Å². The van der Waals surface area contributed by atoms with E-state index >= 15 is 0 Å². The van der Waals surface area contributed by atoms with E-state index in [1.807, 2.05) is 26.8 Å². The normalized spacial score (nSPS) is 26.9. The Kier molecular flexibility index (Phi) is 4.10. The summed E-state index contributed by atoms with van der Waals surface area (Å²) in [5.41, 5.74) is 0.749. The van der Waals surface area contributed by atoms with E-state index in [4.69, 9.17) is 9.94 Å². The van der Waals surface area contributed by atoms with E-state index in [9.17, 15) is 4.79 Å². The number of carbonyl (C=O) groups is 1. The minimum atomic E-state index is -0.733. The zero-order valence-corrected chi connectivity index (χ0v) is 10.5. The largest absolute Gasteiger partial charge is 0.481 e. The molecule has 0 radical (unpaired) electrons. The monoisotopic (exact) mass is 237 g/mol. The fourth-order valence-corrected chi connectivity index (χ4v) is 2.00. The van der Waals surface area contributed by atoms with Gasteiger partial charge in [-0.1, -0.05) is 37.7 Å². The van der Waals surface area contributed by atoms with Crippen molar-refractivity contribution in [2.45, 2.75) is 20.8 Å². The van der Waals surface area contributed by atoms with Gasteiger partial charge in [-0.15, -0.1) is 0 Å². The summed E-state index contributed by atoms with van der Waals surface area (Å²) in [5, 5.41) is 12.8. The smallest absolute Gasteiger partial charge is 0.307 e. The molecule has 1 aliphatic carbocycles. The van der Waals surface area contributed by atoms with Crippen molar-refractivity contribution in [1.82, 2.24) is 0 Å². The van der Waals surface area contributed by atoms with Gasteiger partial charge in [-0.3, -0.25) is 4.79 Å². The maximum absolute atomic E-state index is 11.0. The van der Waals surface area contributed by atoms with E-state index in [-0.39, 0.29) is 17.3 Å². The van der Waals surface area contributed by atoms with E-state index in [1.54, 1.807) is 12.3 Å². The highest BCUT2D eigenvalue weighted by molar-refractivity contribution is 5.80. The Morgan fingerprint density at radius 1 is 1.59 bits per heavy atom. The Labute approximate surface area is 102 Å². The first kappa shape index (κ1) is 13.5. The van der Waals surface area contributed by atoms with E-state index in [0.29, 0.717) is 6.61 Å². The van der Waals surface area contributed by atoms with Crippen LogP contribution in [-0.2, 0) is 9.63 Å². The predicted octanol–water partition coefficient (Wildman–Crippen LogP) is 2.48. The summed E-state index contributed by atoms with van der Waals surface area (Å²) < 4.78 is 0. The van der Waals surface area contributed by atoms with Gasteiger partial charge in [-0.05, 0) is 23.8 Å². The van der Waals surface area contributed by atoms with Crippen molar-refractivity contribution in [2.75, 3.05) is 6.61 Å². The lowest BCUT2D eigenvalue weighted by molar-refractivity contribution is -0.139. The number of allylic oxidation sites excluding steroid dienone is 2. The van der Waals surface area contributed by atoms with E-state index in [1.165, 1.54) is 0 Å². The molecule has 0 aromatic carbocycles. The van der Waals surface area contributed by atoms with Gasteiger partial charge in [0.25, 0.3) is 0 Å². The first-order valence-corrected chi connectivity index (χ1v) is 5.58. The molecule has 0 bridgehead atoms. The zero-order valence-electron chi connectivity index (χ0n) is 10.5. The fraction of sp³-hybridized carbons (Fsp3) is 0.538. The van der Waals surface area contributed by atoms with Crippen LogP contribution < -0.4 is 0 Å². The number of hydrogen-bond donors (Lipinski definition) is 1. The number of oxime groups is 1. The summed E-state index contributed by atoms with van der Waals surface area (Å²) in [6.45, 7) is 9.69. The third-order valence-corrected chi connectivity index (χ3v) is 3.14. The molecule has 1 rings (SSSR count). The second-order valence-corrected chi connectivity index (χ2v) is 4.89. The molecule has 1 aliphatic rings. The molecule has 17 heavy (non-hydrogen) atoms. The van der Waals surface area contributed by atoms with Crippen molar-refractivity contribution in [3.05, 3.63) is 24.3 Å². The van der Waals surface area contributed by atoms with Crippen LogP contribution in [0.5, 0.6) is 0 Å². The van der Waals surface area contributed by atoms with Crippen LogP contribution in [0.3, 0.4) is 0 Å². The van der Waals surface area contributed by atoms with Gasteiger partial charge < -0.3 is 9.94 Å². The first-order valence-electron chi connectivity index (χ1n) is 5.58. The van der Waals surface area contributed by atoms with Crippen LogP contribution in [0.2, 0.25) is 0 Å². The van der Waals surface area contributed by atoms with Gasteiger partial charge in [-0.25, -0.2) is 0 Å². The zero-order chi connectivity index (χ0) is 13.1. The van der Waals surface area contributed by atoms with Gasteiger partial charge in [-0.2, -0.15) is 0 Å². The number of carboxylic acid groups (broad SMARTS) is 1. The van der Waals surface area contributed by atoms with Crippen LogP contribution in [0, 0.1) is 17.3 Å². The lowest BCUT2D eigenvalue weighted by Gasteiger charge is -1.97. The molecule has 4 nitrogen and oxygen atoms in total. The van der Waals surface area contributed by atoms with Gasteiger partial charge in [0.1, 0.15) is 6.61 Å². The first-order chi connectivity index (χ1) is 7.91. The summed E-state index contributed by atoms with van der Waals surface area (Å²) in [5.74, 6) is -0.949. The van der Waals surface area contributed by atoms with Crippen molar-refractivity contribution in [1.29, 1.82) is 0 Å². The number of hydrogen-bond acceptors (Lipinski definition) is 3. The molecule has 0 spiro atoms. The summed E-state index contributed by atoms with van der Waals surface area (Å²) in [6.07, 6.45) is 5.15. The van der Waals surface area contributed by atoms with Gasteiger partial charge in [0.05, 0.1) is 12.1 Å². The molecule has 0 aromatic rings. The van der Waals surface area contributed by atoms with Gasteiger partial charge in [0.15, 0.2) is 0 Å². The molecule has 0 aliphatic heterocycles. The highest BCUT2D eigenvalue weighted by Gasteiger charge is 2.60. The topological polar surface area (TPSA) is 58.9 Å². The van der Waals surface area contributed by atoms with Gasteiger partial charge in [0.2, 0.25) is 0 Å². The summed E-state index contributed by atoms with van der Waals surface area (Å²) in [6, 6.07) is 0. The van der Waals surface area contributed by atoms with Crippen LogP contribution in [0.4, 0.5) is 0 Å². The SMILES string of the molecule is C=CCO/N=C/C(C)=C[C@@H]1[C@@H](C(=O)O)C1(C)C. The maximum Gasteiger partial charge on any atom is 0.307 e. The number of rotatable bonds is 6. The number of carboxylic acids is 1. The van der Waals surface area contributed by atoms with Crippen molar-refractivity contribution in [3.8, 4) is 0 Å². The molecule has 1 N–H and O–H groups in total. The molecule has 0 heterocycles. The van der Waals surface area contributed by atoms with Gasteiger partial charge >= 0.3 is 5.97 Å². The minimum absolute atomic E-state index is 0.0749. The molecular weight excluding hydrogens is 218 g/mol. The van der Waals surface area contributed by atoms with Crippen LogP contribution >= 0.6 is 0 Å². The molecule has 1 saturated carbocycles. The highest BCUT2D eigenvalue weighted by atomic mass is 16.6. The summed E-state index contributed by atoms with van der Waals surface area (Å²) >= 11 is 0. The Bertz CT molecular complexity index is 369. The van der Waals surface area contributed by atoms with Gasteiger partial charge in [0, 0.05) is 0 Å². The van der Waals surface area contributed by atoms with E-state index in [0.717, 1.165) is 5.57 Å². The van der Waals surface area contributed by atoms with Crippen molar-refractivity contribution < 1.29 is 14.7 Å². The third-order valence-electron chi connectivity index (χ3n) is 3.14. The number of nitrogens with zero attached hydrogens (tertiary/aromatic N) is 1. The fourth-order valence-electron chi connectivity index (χ4n) is 2.00. The Morgan fingerprint density at radius 3 is 2.71 bits per heavy atom. The standard InChI is InChI=1S/C13H19NO3/c1-5-6-17-14-8-9(2)7-10-11(12(15)16)13(10,3)4/h5,7-8,10-11H,1,6H2,2-4H3,(H,15,16)/b9-7?,14-8+/t10-,11+/m1/s1. The average Bonchev–Trinajstić information content (AvgIpc) is 2.75. The molecule has 1 fully saturated rings. The third kappa shape index (κ3) is 3.19. The van der Waals surface area contributed by atoms with E-state index in [2.05, 4.69) is 11.7 Å². The number of aliphatic carboxylic acids is 1. The minimum Gasteiger partial charge on any atom is -0.481 e. The average molecular weight is 237 g/mol. The van der Waals surface area contributed by atoms with Crippen LogP contribution in [-0.4, -0.2) is 23.9 Å². The molecule has 0 amide bonds. The molecule has 0 aromatic heterocycles. The lowest BCUT2D eigenvalue weighted by Crippen LogP contribution is -2.03. The Hall–Kier alpha value is -1.58. The summed E-state index contributed by atoms with van der Waals surface area (Å²) in [7, 11) is 0. The maximum atomic E-state index is 11.0. The predicted molar refractivity (Wildman–Crippen MR) is 66.8 cm³/mol. The molecule has 4 heteroatoms. The van der Waals surface area contributed by atoms with Crippen molar-refractivity contribution in [2.24, 2.45) is 22.4 Å². The second-order valence-electron chi connectivity index (χ2n) is 4.89. The van der Waals surface area contributed by atoms with Crippen LogP contribution in [0.25, 0.3) is 0 Å². The molecule has 0 saturated heterocycles.